The fraction of sp³-hybridized carbons (Fsp3) is 0.231. The van der Waals surface area contributed by atoms with Crippen molar-refractivity contribution in [3.63, 3.8) is 0 Å². The van der Waals surface area contributed by atoms with Gasteiger partial charge in [0.1, 0.15) is 11.3 Å². The van der Waals surface area contributed by atoms with Crippen molar-refractivity contribution in [1.29, 1.82) is 0 Å². The Kier molecular flexibility index (Phi) is 3.06. The molecular weight excluding hydrogens is 216 g/mol. The molecule has 1 heterocycles. The van der Waals surface area contributed by atoms with Crippen molar-refractivity contribution in [2.24, 2.45) is 0 Å². The number of phenolic OH excluding ortho intramolecular Hbond substituents is 1. The second kappa shape index (κ2) is 4.51. The summed E-state index contributed by atoms with van der Waals surface area (Å²) in [6, 6.07) is 7.04. The summed E-state index contributed by atoms with van der Waals surface area (Å²) in [6.45, 7) is 2.01. The Morgan fingerprint density at radius 1 is 1.41 bits per heavy atom. The van der Waals surface area contributed by atoms with Gasteiger partial charge < -0.3 is 10.8 Å². The number of rotatable bonds is 3. The number of hydrogen-bond donors (Lipinski definition) is 2. The lowest BCUT2D eigenvalue weighted by Crippen LogP contribution is -2.60. The van der Waals surface area contributed by atoms with Gasteiger partial charge in [-0.1, -0.05) is 6.07 Å². The third-order valence-corrected chi connectivity index (χ3v) is 2.61. The first kappa shape index (κ1) is 11.5. The molecule has 0 aliphatic heterocycles. The maximum atomic E-state index is 10.9. The molecule has 4 N–H and O–H groups in total. The van der Waals surface area contributed by atoms with Gasteiger partial charge in [-0.05, 0) is 25.1 Å². The number of aldehydes is 1. The van der Waals surface area contributed by atoms with E-state index in [1.54, 1.807) is 6.07 Å². The van der Waals surface area contributed by atoms with Crippen LogP contribution in [0, 0.1) is 0 Å². The highest BCUT2D eigenvalue weighted by atomic mass is 16.3. The van der Waals surface area contributed by atoms with Crippen LogP contribution in [0.3, 0.4) is 0 Å². The number of nitrogens with zero attached hydrogens (tertiary/aromatic N) is 1. The first-order valence-corrected chi connectivity index (χ1v) is 5.51. The molecule has 0 fully saturated rings. The Morgan fingerprint density at radius 3 is 2.82 bits per heavy atom. The van der Waals surface area contributed by atoms with Crippen molar-refractivity contribution in [3.05, 3.63) is 35.5 Å². The molecule has 0 aliphatic rings. The summed E-state index contributed by atoms with van der Waals surface area (Å²) in [5.74, 6) is 0.101. The lowest BCUT2D eigenvalue weighted by molar-refractivity contribution is -0.413. The van der Waals surface area contributed by atoms with Gasteiger partial charge in [-0.15, -0.1) is 0 Å². The van der Waals surface area contributed by atoms with Crippen LogP contribution in [0.1, 0.15) is 23.0 Å². The number of carbonyl (C=O) groups is 1. The highest BCUT2D eigenvalue weighted by molar-refractivity contribution is 5.98. The van der Waals surface area contributed by atoms with Crippen LogP contribution in [0.15, 0.2) is 24.3 Å². The summed E-state index contributed by atoms with van der Waals surface area (Å²) in [5.41, 5.74) is 5.81. The summed E-state index contributed by atoms with van der Waals surface area (Å²) in [7, 11) is 0. The maximum absolute atomic E-state index is 10.9. The Labute approximate surface area is 99.1 Å². The standard InChI is InChI=1S/C13H14N2O2/c1-8(14)6-10-3-4-11-9(7-16)2-5-12(17)13(11)15-10/h2-5,7-8,17H,6,14H2,1H3/p+1/t8-/m1/s1. The second-order valence-electron chi connectivity index (χ2n) is 4.30. The van der Waals surface area contributed by atoms with Gasteiger partial charge in [0.15, 0.2) is 6.29 Å². The lowest BCUT2D eigenvalue weighted by Gasteiger charge is -2.06. The van der Waals surface area contributed by atoms with Crippen LogP contribution in [0.2, 0.25) is 0 Å². The zero-order valence-electron chi connectivity index (χ0n) is 9.68. The van der Waals surface area contributed by atoms with Crippen LogP contribution in [-0.2, 0) is 6.42 Å². The summed E-state index contributed by atoms with van der Waals surface area (Å²) in [6.07, 6.45) is 1.52. The van der Waals surface area contributed by atoms with Crippen molar-refractivity contribution < 1.29 is 15.6 Å². The number of hydrogen-bond acceptors (Lipinski definition) is 3. The molecule has 0 bridgehead atoms. The van der Waals surface area contributed by atoms with Crippen LogP contribution >= 0.6 is 0 Å². The SMILES string of the molecule is C[C@@H]([NH3+])Cc1ccc2c(C=O)ccc(O)c2n1. The van der Waals surface area contributed by atoms with E-state index in [0.29, 0.717) is 16.5 Å². The van der Waals surface area contributed by atoms with E-state index in [1.165, 1.54) is 6.07 Å². The molecular formula is C13H15N2O2+. The Balaban J connectivity index is 2.60. The van der Waals surface area contributed by atoms with Crippen LogP contribution < -0.4 is 5.73 Å². The van der Waals surface area contributed by atoms with Gasteiger partial charge >= 0.3 is 0 Å². The molecule has 2 rings (SSSR count). The summed E-state index contributed by atoms with van der Waals surface area (Å²) < 4.78 is 0. The van der Waals surface area contributed by atoms with E-state index in [2.05, 4.69) is 10.7 Å². The molecule has 0 amide bonds. The number of fused-ring (bicyclic) bond motifs is 1. The number of quaternary nitrogens is 1. The summed E-state index contributed by atoms with van der Waals surface area (Å²) in [5, 5.41) is 10.4. The van der Waals surface area contributed by atoms with Gasteiger partial charge in [0, 0.05) is 23.1 Å². The summed E-state index contributed by atoms with van der Waals surface area (Å²) in [4.78, 5) is 15.2. The predicted octanol–water partition coefficient (Wildman–Crippen LogP) is 0.926. The molecule has 1 aromatic heterocycles. The largest absolute Gasteiger partial charge is 0.506 e. The number of pyridine rings is 1. The van der Waals surface area contributed by atoms with E-state index in [-0.39, 0.29) is 11.8 Å². The molecule has 88 valence electrons. The van der Waals surface area contributed by atoms with E-state index in [4.69, 9.17) is 0 Å². The first-order valence-electron chi connectivity index (χ1n) is 5.51. The van der Waals surface area contributed by atoms with E-state index < -0.39 is 0 Å². The highest BCUT2D eigenvalue weighted by Crippen LogP contribution is 2.25. The van der Waals surface area contributed by atoms with E-state index in [9.17, 15) is 9.90 Å². The van der Waals surface area contributed by atoms with Gasteiger partial charge in [0.2, 0.25) is 0 Å². The smallest absolute Gasteiger partial charge is 0.150 e. The minimum atomic E-state index is 0.101. The molecule has 2 aromatic rings. The minimum absolute atomic E-state index is 0.101. The second-order valence-corrected chi connectivity index (χ2v) is 4.30. The molecule has 1 aromatic carbocycles. The average Bonchev–Trinajstić information content (AvgIpc) is 2.29. The predicted molar refractivity (Wildman–Crippen MR) is 64.8 cm³/mol. The van der Waals surface area contributed by atoms with Gasteiger partial charge in [-0.2, -0.15) is 0 Å². The van der Waals surface area contributed by atoms with Crippen LogP contribution in [0.4, 0.5) is 0 Å². The van der Waals surface area contributed by atoms with Crippen LogP contribution in [-0.4, -0.2) is 22.4 Å². The van der Waals surface area contributed by atoms with Crippen molar-refractivity contribution in [1.82, 2.24) is 4.98 Å². The fourth-order valence-electron chi connectivity index (χ4n) is 1.84. The normalized spacial score (nSPS) is 12.6. The third-order valence-electron chi connectivity index (χ3n) is 2.61. The van der Waals surface area contributed by atoms with Gasteiger partial charge in [-0.3, -0.25) is 4.79 Å². The van der Waals surface area contributed by atoms with Gasteiger partial charge in [-0.25, -0.2) is 4.98 Å². The van der Waals surface area contributed by atoms with Crippen molar-refractivity contribution in [2.75, 3.05) is 0 Å². The number of carbonyl (C=O) groups excluding carboxylic acids is 1. The molecule has 1 atom stereocenters. The number of aromatic hydroxyl groups is 1. The van der Waals surface area contributed by atoms with Gasteiger partial charge in [0.05, 0.1) is 6.04 Å². The first-order chi connectivity index (χ1) is 8.11. The van der Waals surface area contributed by atoms with Crippen LogP contribution in [0.25, 0.3) is 10.9 Å². The zero-order chi connectivity index (χ0) is 12.4. The molecule has 17 heavy (non-hydrogen) atoms. The summed E-state index contributed by atoms with van der Waals surface area (Å²) >= 11 is 0. The molecule has 0 radical (unpaired) electrons. The molecule has 0 saturated heterocycles. The van der Waals surface area contributed by atoms with Crippen LogP contribution in [0.5, 0.6) is 5.75 Å². The molecule has 4 nitrogen and oxygen atoms in total. The van der Waals surface area contributed by atoms with E-state index in [0.717, 1.165) is 18.4 Å². The maximum Gasteiger partial charge on any atom is 0.150 e. The zero-order valence-corrected chi connectivity index (χ0v) is 9.68. The average molecular weight is 231 g/mol. The molecule has 0 saturated carbocycles. The lowest BCUT2D eigenvalue weighted by atomic mass is 10.1. The Hall–Kier alpha value is -1.94. The molecule has 0 spiro atoms. The van der Waals surface area contributed by atoms with E-state index >= 15 is 0 Å². The number of benzene rings is 1. The van der Waals surface area contributed by atoms with Crippen molar-refractivity contribution in [3.8, 4) is 5.75 Å². The van der Waals surface area contributed by atoms with Crippen molar-refractivity contribution in [2.45, 2.75) is 19.4 Å². The quantitative estimate of drug-likeness (QED) is 0.771. The Bertz CT molecular complexity index is 565. The number of aromatic nitrogens is 1. The molecule has 0 aliphatic carbocycles. The highest BCUT2D eigenvalue weighted by Gasteiger charge is 2.09. The van der Waals surface area contributed by atoms with Gasteiger partial charge in [0.25, 0.3) is 0 Å². The van der Waals surface area contributed by atoms with E-state index in [1.807, 2.05) is 19.1 Å². The third kappa shape index (κ3) is 2.26. The fourth-order valence-corrected chi connectivity index (χ4v) is 1.84. The Morgan fingerprint density at radius 2 is 2.18 bits per heavy atom. The molecule has 4 heteroatoms. The minimum Gasteiger partial charge on any atom is -0.506 e. The number of phenols is 1. The topological polar surface area (TPSA) is 77.8 Å². The monoisotopic (exact) mass is 231 g/mol. The van der Waals surface area contributed by atoms with Crippen molar-refractivity contribution >= 4 is 17.2 Å². The molecule has 0 unspecified atom stereocenters.